The van der Waals surface area contributed by atoms with Crippen LogP contribution in [-0.4, -0.2) is 23.9 Å². The van der Waals surface area contributed by atoms with Crippen molar-refractivity contribution < 1.29 is 9.84 Å². The van der Waals surface area contributed by atoms with E-state index in [4.69, 9.17) is 9.84 Å². The summed E-state index contributed by atoms with van der Waals surface area (Å²) in [6.07, 6.45) is 0.396. The number of ether oxygens (including phenoxy) is 1. The van der Waals surface area contributed by atoms with E-state index in [0.29, 0.717) is 0 Å². The molecule has 1 aliphatic heterocycles. The Hall–Kier alpha value is -0.0800. The Bertz CT molecular complexity index is 104. The van der Waals surface area contributed by atoms with Gasteiger partial charge < -0.3 is 9.84 Å². The van der Waals surface area contributed by atoms with Crippen LogP contribution in [0.1, 0.15) is 20.8 Å². The molecule has 1 rings (SSSR count). The summed E-state index contributed by atoms with van der Waals surface area (Å²) in [6, 6.07) is 0. The van der Waals surface area contributed by atoms with Gasteiger partial charge in [-0.1, -0.05) is 20.8 Å². The van der Waals surface area contributed by atoms with Gasteiger partial charge in [0.05, 0.1) is 12.7 Å². The highest BCUT2D eigenvalue weighted by molar-refractivity contribution is 4.92. The number of aliphatic hydroxyl groups excluding tert-OH is 1. The molecule has 0 saturated carbocycles. The Balaban J connectivity index is 2.33. The van der Waals surface area contributed by atoms with Crippen molar-refractivity contribution in [2.24, 2.45) is 5.41 Å². The van der Waals surface area contributed by atoms with Gasteiger partial charge in [-0.15, -0.1) is 0 Å². The Labute approximate surface area is 55.8 Å². The molecule has 0 amide bonds. The van der Waals surface area contributed by atoms with Crippen LogP contribution in [0.25, 0.3) is 0 Å². The first-order valence-electron chi connectivity index (χ1n) is 3.32. The maximum Gasteiger partial charge on any atom is 0.108 e. The maximum atomic E-state index is 8.61. The molecule has 0 spiro atoms. The van der Waals surface area contributed by atoms with E-state index in [1.54, 1.807) is 0 Å². The molecule has 2 nitrogen and oxygen atoms in total. The summed E-state index contributed by atoms with van der Waals surface area (Å²) in [5, 5.41) is 8.61. The van der Waals surface area contributed by atoms with Crippen molar-refractivity contribution in [3.05, 3.63) is 0 Å². The lowest BCUT2D eigenvalue weighted by atomic mass is 9.90. The van der Waals surface area contributed by atoms with Crippen LogP contribution in [0.3, 0.4) is 0 Å². The Morgan fingerprint density at radius 3 is 2.11 bits per heavy atom. The Morgan fingerprint density at radius 1 is 1.44 bits per heavy atom. The first kappa shape index (κ1) is 7.03. The molecular formula is C7H14O2. The van der Waals surface area contributed by atoms with Crippen molar-refractivity contribution in [1.82, 2.24) is 0 Å². The minimum absolute atomic E-state index is 0.116. The van der Waals surface area contributed by atoms with Crippen molar-refractivity contribution in [3.63, 3.8) is 0 Å². The van der Waals surface area contributed by atoms with Crippen LogP contribution >= 0.6 is 0 Å². The largest absolute Gasteiger partial charge is 0.394 e. The number of epoxide rings is 1. The molecule has 0 aromatic heterocycles. The molecule has 1 N–H and O–H groups in total. The predicted molar refractivity (Wildman–Crippen MR) is 35.2 cm³/mol. The summed E-state index contributed by atoms with van der Waals surface area (Å²) in [5.74, 6) is 0. The number of aliphatic hydroxyl groups is 1. The van der Waals surface area contributed by atoms with Crippen LogP contribution in [0, 0.1) is 5.41 Å². The first-order valence-corrected chi connectivity index (χ1v) is 3.32. The van der Waals surface area contributed by atoms with Gasteiger partial charge in [0.2, 0.25) is 0 Å². The Morgan fingerprint density at radius 2 is 2.00 bits per heavy atom. The molecule has 9 heavy (non-hydrogen) atoms. The van der Waals surface area contributed by atoms with Crippen molar-refractivity contribution in [1.29, 1.82) is 0 Å². The highest BCUT2D eigenvalue weighted by Gasteiger charge is 2.46. The standard InChI is InChI=1S/C7H14O2/c1-7(2,3)6-5(4-8)9-6/h5-6,8H,4H2,1-3H3/t5-,6-/m0/s1. The molecular weight excluding hydrogens is 116 g/mol. The van der Waals surface area contributed by atoms with Crippen molar-refractivity contribution >= 4 is 0 Å². The van der Waals surface area contributed by atoms with Crippen LogP contribution < -0.4 is 0 Å². The highest BCUT2D eigenvalue weighted by Crippen LogP contribution is 2.37. The molecule has 54 valence electrons. The molecule has 0 aromatic carbocycles. The number of hydrogen-bond acceptors (Lipinski definition) is 2. The molecule has 1 aliphatic rings. The van der Waals surface area contributed by atoms with E-state index in [9.17, 15) is 0 Å². The minimum Gasteiger partial charge on any atom is -0.394 e. The van der Waals surface area contributed by atoms with Crippen LogP contribution in [0.2, 0.25) is 0 Å². The zero-order valence-corrected chi connectivity index (χ0v) is 6.22. The van der Waals surface area contributed by atoms with E-state index in [1.807, 2.05) is 0 Å². The van der Waals surface area contributed by atoms with Crippen molar-refractivity contribution in [2.75, 3.05) is 6.61 Å². The lowest BCUT2D eigenvalue weighted by Gasteiger charge is -2.13. The van der Waals surface area contributed by atoms with Crippen LogP contribution in [0.5, 0.6) is 0 Å². The van der Waals surface area contributed by atoms with E-state index >= 15 is 0 Å². The molecule has 1 saturated heterocycles. The topological polar surface area (TPSA) is 32.8 Å². The summed E-state index contributed by atoms with van der Waals surface area (Å²) in [4.78, 5) is 0. The number of rotatable bonds is 1. The summed E-state index contributed by atoms with van der Waals surface area (Å²) < 4.78 is 5.18. The first-order chi connectivity index (χ1) is 4.05. The van der Waals surface area contributed by atoms with Crippen molar-refractivity contribution in [3.8, 4) is 0 Å². The fourth-order valence-corrected chi connectivity index (χ4v) is 1.04. The average Bonchev–Trinajstić information content (AvgIpc) is 2.39. The van der Waals surface area contributed by atoms with Gasteiger partial charge in [-0.2, -0.15) is 0 Å². The lowest BCUT2D eigenvalue weighted by molar-refractivity contribution is 0.230. The van der Waals surface area contributed by atoms with E-state index in [1.165, 1.54) is 0 Å². The SMILES string of the molecule is CC(C)(C)[C@H]1O[C@H]1CO. The van der Waals surface area contributed by atoms with Gasteiger partial charge in [0.1, 0.15) is 6.10 Å². The quantitative estimate of drug-likeness (QED) is 0.532. The third kappa shape index (κ3) is 1.43. The van der Waals surface area contributed by atoms with E-state index in [0.717, 1.165) is 0 Å². The molecule has 1 heterocycles. The fraction of sp³-hybridized carbons (Fsp3) is 1.00. The summed E-state index contributed by atoms with van der Waals surface area (Å²) in [5.41, 5.74) is 0.202. The summed E-state index contributed by atoms with van der Waals surface area (Å²) in [7, 11) is 0. The van der Waals surface area contributed by atoms with E-state index < -0.39 is 0 Å². The minimum atomic E-state index is 0.116. The van der Waals surface area contributed by atoms with Crippen LogP contribution in [0.4, 0.5) is 0 Å². The van der Waals surface area contributed by atoms with Gasteiger partial charge >= 0.3 is 0 Å². The maximum absolute atomic E-state index is 8.61. The van der Waals surface area contributed by atoms with Gasteiger partial charge in [0.25, 0.3) is 0 Å². The zero-order valence-electron chi connectivity index (χ0n) is 6.22. The van der Waals surface area contributed by atoms with E-state index in [-0.39, 0.29) is 24.2 Å². The molecule has 0 bridgehead atoms. The third-order valence-electron chi connectivity index (χ3n) is 1.62. The molecule has 0 aromatic rings. The van der Waals surface area contributed by atoms with E-state index in [2.05, 4.69) is 20.8 Å². The second-order valence-electron chi connectivity index (χ2n) is 3.64. The predicted octanol–water partition coefficient (Wildman–Crippen LogP) is 0.792. The smallest absolute Gasteiger partial charge is 0.108 e. The molecule has 2 heteroatoms. The molecule has 0 aliphatic carbocycles. The van der Waals surface area contributed by atoms with Crippen LogP contribution in [-0.2, 0) is 4.74 Å². The third-order valence-corrected chi connectivity index (χ3v) is 1.62. The van der Waals surface area contributed by atoms with Gasteiger partial charge in [-0.25, -0.2) is 0 Å². The molecule has 0 unspecified atom stereocenters. The normalized spacial score (nSPS) is 34.7. The zero-order chi connectivity index (χ0) is 7.07. The monoisotopic (exact) mass is 130 g/mol. The van der Waals surface area contributed by atoms with Gasteiger partial charge in [-0.3, -0.25) is 0 Å². The van der Waals surface area contributed by atoms with Gasteiger partial charge in [-0.05, 0) is 5.41 Å². The second kappa shape index (κ2) is 1.96. The van der Waals surface area contributed by atoms with Gasteiger partial charge in [0, 0.05) is 0 Å². The molecule has 0 radical (unpaired) electrons. The summed E-state index contributed by atoms with van der Waals surface area (Å²) in [6.45, 7) is 6.52. The van der Waals surface area contributed by atoms with Crippen LogP contribution in [0.15, 0.2) is 0 Å². The highest BCUT2D eigenvalue weighted by atomic mass is 16.6. The fourth-order valence-electron chi connectivity index (χ4n) is 1.04. The van der Waals surface area contributed by atoms with Gasteiger partial charge in [0.15, 0.2) is 0 Å². The number of hydrogen-bond donors (Lipinski definition) is 1. The molecule has 1 fully saturated rings. The average molecular weight is 130 g/mol. The van der Waals surface area contributed by atoms with Crippen molar-refractivity contribution in [2.45, 2.75) is 33.0 Å². The molecule has 2 atom stereocenters. The Kier molecular flexibility index (Phi) is 1.53. The summed E-state index contributed by atoms with van der Waals surface area (Å²) >= 11 is 0. The second-order valence-corrected chi connectivity index (χ2v) is 3.64. The lowest BCUT2D eigenvalue weighted by Crippen LogP contribution is -2.17.